The Bertz CT molecular complexity index is 1220. The first-order valence-electron chi connectivity index (χ1n) is 11.6. The second kappa shape index (κ2) is 12.6. The van der Waals surface area contributed by atoms with E-state index >= 15 is 0 Å². The van der Waals surface area contributed by atoms with Crippen LogP contribution in [0.1, 0.15) is 43.4 Å². The number of unbranched alkanes of at least 4 members (excludes halogenated alkanes) is 1. The Morgan fingerprint density at radius 2 is 1.81 bits per heavy atom. The molecule has 1 N–H and O–H groups in total. The van der Waals surface area contributed by atoms with E-state index in [4.69, 9.17) is 11.6 Å². The molecule has 204 valence electrons. The van der Waals surface area contributed by atoms with Gasteiger partial charge in [-0.3, -0.25) is 13.9 Å². The lowest BCUT2D eigenvalue weighted by Crippen LogP contribution is -2.51. The molecule has 0 bridgehead atoms. The average molecular weight is 562 g/mol. The number of aryl methyl sites for hydroxylation is 1. The van der Waals surface area contributed by atoms with Crippen molar-refractivity contribution in [2.45, 2.75) is 52.4 Å². The van der Waals surface area contributed by atoms with Crippen molar-refractivity contribution in [3.05, 3.63) is 64.2 Å². The number of carbonyl (C=O) groups is 2. The van der Waals surface area contributed by atoms with Crippen LogP contribution in [0.25, 0.3) is 0 Å². The summed E-state index contributed by atoms with van der Waals surface area (Å²) in [5.41, 5.74) is 0.0260. The van der Waals surface area contributed by atoms with E-state index in [0.717, 1.165) is 36.8 Å². The number of benzene rings is 2. The molecule has 0 unspecified atom stereocenters. The summed E-state index contributed by atoms with van der Waals surface area (Å²) in [6, 6.07) is 8.87. The molecule has 2 aromatic carbocycles. The van der Waals surface area contributed by atoms with Gasteiger partial charge < -0.3 is 10.2 Å². The monoisotopic (exact) mass is 561 g/mol. The normalized spacial score (nSPS) is 12.6. The zero-order valence-corrected chi connectivity index (χ0v) is 22.7. The summed E-state index contributed by atoms with van der Waals surface area (Å²) >= 11 is 5.68. The number of rotatable bonds is 11. The smallest absolute Gasteiger partial charge is 0.354 e. The highest BCUT2D eigenvalue weighted by atomic mass is 35.5. The number of anilines is 1. The summed E-state index contributed by atoms with van der Waals surface area (Å²) in [5.74, 6) is -1.18. The molecule has 0 saturated carbocycles. The minimum absolute atomic E-state index is 0.00506. The minimum Gasteiger partial charge on any atom is -0.354 e. The largest absolute Gasteiger partial charge is 0.417 e. The van der Waals surface area contributed by atoms with Crippen LogP contribution in [0.15, 0.2) is 42.5 Å². The number of nitrogens with zero attached hydrogens (tertiary/aromatic N) is 2. The van der Waals surface area contributed by atoms with E-state index in [1.807, 2.05) is 26.0 Å². The number of alkyl halides is 3. The van der Waals surface area contributed by atoms with E-state index in [1.54, 1.807) is 12.1 Å². The highest BCUT2D eigenvalue weighted by Crippen LogP contribution is 2.37. The van der Waals surface area contributed by atoms with Crippen molar-refractivity contribution in [3.63, 3.8) is 0 Å². The van der Waals surface area contributed by atoms with Crippen LogP contribution in [0, 0.1) is 6.92 Å². The molecule has 7 nitrogen and oxygen atoms in total. The molecule has 0 aliphatic rings. The molecular formula is C25H31ClF3N3O4S. The fourth-order valence-electron chi connectivity index (χ4n) is 3.63. The topological polar surface area (TPSA) is 86.8 Å². The van der Waals surface area contributed by atoms with Gasteiger partial charge in [0.2, 0.25) is 21.8 Å². The van der Waals surface area contributed by atoms with Crippen molar-refractivity contribution >= 4 is 39.1 Å². The summed E-state index contributed by atoms with van der Waals surface area (Å²) in [6.07, 6.45) is -2.45. The molecule has 0 spiro atoms. The molecular weight excluding hydrogens is 531 g/mol. The molecule has 2 amide bonds. The Labute approximate surface area is 220 Å². The van der Waals surface area contributed by atoms with Gasteiger partial charge in [-0.05, 0) is 44.0 Å². The Morgan fingerprint density at radius 1 is 1.14 bits per heavy atom. The van der Waals surface area contributed by atoms with Gasteiger partial charge in [0.25, 0.3) is 0 Å². The van der Waals surface area contributed by atoms with E-state index in [1.165, 1.54) is 11.8 Å². The van der Waals surface area contributed by atoms with E-state index < -0.39 is 51.2 Å². The number of amides is 2. The predicted molar refractivity (Wildman–Crippen MR) is 138 cm³/mol. The van der Waals surface area contributed by atoms with E-state index in [9.17, 15) is 31.2 Å². The summed E-state index contributed by atoms with van der Waals surface area (Å²) in [4.78, 5) is 27.5. The van der Waals surface area contributed by atoms with Gasteiger partial charge in [-0.25, -0.2) is 8.42 Å². The van der Waals surface area contributed by atoms with Crippen LogP contribution in [0.5, 0.6) is 0 Å². The molecule has 12 heteroatoms. The van der Waals surface area contributed by atoms with Crippen molar-refractivity contribution < 1.29 is 31.2 Å². The Kier molecular flexibility index (Phi) is 10.4. The molecule has 0 fully saturated rings. The van der Waals surface area contributed by atoms with Crippen LogP contribution in [0.3, 0.4) is 0 Å². The van der Waals surface area contributed by atoms with Gasteiger partial charge in [-0.15, -0.1) is 0 Å². The Morgan fingerprint density at radius 3 is 2.38 bits per heavy atom. The maximum absolute atomic E-state index is 13.5. The Balaban J connectivity index is 2.44. The highest BCUT2D eigenvalue weighted by molar-refractivity contribution is 7.92. The summed E-state index contributed by atoms with van der Waals surface area (Å²) in [5, 5.41) is 2.15. The SMILES string of the molecule is CCCCNC(=O)[C@H](C)N(Cc1cccc(C)c1)C(=O)CN(c1ccc(Cl)c(C(F)(F)F)c1)S(C)(=O)=O. The lowest BCUT2D eigenvalue weighted by atomic mass is 10.1. The van der Waals surface area contributed by atoms with Crippen LogP contribution in [0.4, 0.5) is 18.9 Å². The second-order valence-electron chi connectivity index (χ2n) is 8.76. The van der Waals surface area contributed by atoms with Gasteiger partial charge in [0.05, 0.1) is 22.5 Å². The van der Waals surface area contributed by atoms with Gasteiger partial charge in [-0.1, -0.05) is 54.8 Å². The van der Waals surface area contributed by atoms with Crippen molar-refractivity contribution in [1.29, 1.82) is 0 Å². The molecule has 0 saturated heterocycles. The second-order valence-corrected chi connectivity index (χ2v) is 11.1. The van der Waals surface area contributed by atoms with Crippen molar-refractivity contribution in [3.8, 4) is 0 Å². The minimum atomic E-state index is -4.83. The van der Waals surface area contributed by atoms with Gasteiger partial charge in [0.15, 0.2) is 0 Å². The van der Waals surface area contributed by atoms with Gasteiger partial charge in [0.1, 0.15) is 12.6 Å². The molecule has 2 rings (SSSR count). The average Bonchev–Trinajstić information content (AvgIpc) is 2.79. The van der Waals surface area contributed by atoms with Gasteiger partial charge >= 0.3 is 6.18 Å². The third-order valence-corrected chi connectivity index (χ3v) is 7.12. The highest BCUT2D eigenvalue weighted by Gasteiger charge is 2.35. The van der Waals surface area contributed by atoms with Crippen molar-refractivity contribution in [1.82, 2.24) is 10.2 Å². The van der Waals surface area contributed by atoms with Crippen LogP contribution >= 0.6 is 11.6 Å². The summed E-state index contributed by atoms with van der Waals surface area (Å²) < 4.78 is 65.9. The quantitative estimate of drug-likeness (QED) is 0.401. The molecule has 37 heavy (non-hydrogen) atoms. The van der Waals surface area contributed by atoms with Crippen molar-refractivity contribution in [2.75, 3.05) is 23.7 Å². The molecule has 0 heterocycles. The molecule has 2 aromatic rings. The Hall–Kier alpha value is -2.79. The summed E-state index contributed by atoms with van der Waals surface area (Å²) in [6.45, 7) is 4.94. The van der Waals surface area contributed by atoms with Crippen LogP contribution in [-0.2, 0) is 32.3 Å². The molecule has 0 aliphatic heterocycles. The van der Waals surface area contributed by atoms with Crippen molar-refractivity contribution in [2.24, 2.45) is 0 Å². The van der Waals surface area contributed by atoms with Crippen LogP contribution in [-0.4, -0.2) is 50.5 Å². The first-order chi connectivity index (χ1) is 17.1. The standard InChI is InChI=1S/C25H31ClF3N3O4S/c1-5-6-12-30-24(34)18(3)31(15-19-9-7-8-17(2)13-19)23(33)16-32(37(4,35)36)20-10-11-22(26)21(14-20)25(27,28)29/h7-11,13-14,18H,5-6,12,15-16H2,1-4H3,(H,30,34)/t18-/m0/s1. The number of carbonyl (C=O) groups excluding carboxylic acids is 2. The first-order valence-corrected chi connectivity index (χ1v) is 13.8. The lowest BCUT2D eigenvalue weighted by molar-refractivity contribution is -0.139. The third kappa shape index (κ3) is 8.63. The lowest BCUT2D eigenvalue weighted by Gasteiger charge is -2.31. The van der Waals surface area contributed by atoms with Crippen LogP contribution < -0.4 is 9.62 Å². The number of nitrogens with one attached hydrogen (secondary N) is 1. The maximum Gasteiger partial charge on any atom is 0.417 e. The van der Waals surface area contributed by atoms with Gasteiger partial charge in [0, 0.05) is 13.1 Å². The fraction of sp³-hybridized carbons (Fsp3) is 0.440. The summed E-state index contributed by atoms with van der Waals surface area (Å²) in [7, 11) is -4.19. The molecule has 1 atom stereocenters. The van der Waals surface area contributed by atoms with Crippen LogP contribution in [0.2, 0.25) is 5.02 Å². The zero-order valence-electron chi connectivity index (χ0n) is 21.1. The van der Waals surface area contributed by atoms with E-state index in [0.29, 0.717) is 22.5 Å². The predicted octanol–water partition coefficient (Wildman–Crippen LogP) is 4.77. The number of hydrogen-bond donors (Lipinski definition) is 1. The molecule has 0 aromatic heterocycles. The van der Waals surface area contributed by atoms with Gasteiger partial charge in [-0.2, -0.15) is 13.2 Å². The van der Waals surface area contributed by atoms with E-state index in [2.05, 4.69) is 5.32 Å². The number of hydrogen-bond acceptors (Lipinski definition) is 4. The molecule has 0 aliphatic carbocycles. The van der Waals surface area contributed by atoms with E-state index in [-0.39, 0.29) is 12.2 Å². The molecule has 0 radical (unpaired) electrons. The first kappa shape index (κ1) is 30.4. The number of sulfonamides is 1. The third-order valence-electron chi connectivity index (χ3n) is 5.65. The zero-order chi connectivity index (χ0) is 28.0. The fourth-order valence-corrected chi connectivity index (χ4v) is 4.69. The number of halogens is 4. The maximum atomic E-state index is 13.5.